The van der Waals surface area contributed by atoms with E-state index in [1.807, 2.05) is 6.07 Å². The number of phenolic OH excluding ortho intramolecular Hbond substituents is 1. The van der Waals surface area contributed by atoms with Crippen LogP contribution in [0.5, 0.6) is 11.5 Å². The van der Waals surface area contributed by atoms with Crippen molar-refractivity contribution in [3.05, 3.63) is 23.8 Å². The van der Waals surface area contributed by atoms with Crippen molar-refractivity contribution >= 4 is 0 Å². The first-order valence-electron chi connectivity index (χ1n) is 6.56. The van der Waals surface area contributed by atoms with E-state index in [0.29, 0.717) is 12.3 Å². The van der Waals surface area contributed by atoms with Crippen molar-refractivity contribution in [3.63, 3.8) is 0 Å². The van der Waals surface area contributed by atoms with Crippen molar-refractivity contribution in [1.29, 1.82) is 0 Å². The molecule has 5 nitrogen and oxygen atoms in total. The molecule has 5 heteroatoms. The van der Waals surface area contributed by atoms with Crippen molar-refractivity contribution in [2.24, 2.45) is 0 Å². The monoisotopic (exact) mass is 267 g/mol. The summed E-state index contributed by atoms with van der Waals surface area (Å²) in [6.07, 6.45) is 0.634. The molecule has 1 aliphatic rings. The van der Waals surface area contributed by atoms with Crippen molar-refractivity contribution in [2.45, 2.75) is 25.7 Å². The molecule has 0 bridgehead atoms. The highest BCUT2D eigenvalue weighted by molar-refractivity contribution is 5.42. The Kier molecular flexibility index (Phi) is 4.63. The maximum absolute atomic E-state index is 9.84. The zero-order valence-corrected chi connectivity index (χ0v) is 11.4. The number of aromatic hydroxyl groups is 1. The quantitative estimate of drug-likeness (QED) is 0.846. The summed E-state index contributed by atoms with van der Waals surface area (Å²) < 4.78 is 10.8. The van der Waals surface area contributed by atoms with Gasteiger partial charge < -0.3 is 19.7 Å². The van der Waals surface area contributed by atoms with E-state index in [0.717, 1.165) is 18.5 Å². The zero-order valence-electron chi connectivity index (χ0n) is 11.4. The summed E-state index contributed by atoms with van der Waals surface area (Å²) in [6.45, 7) is 3.73. The molecule has 1 aliphatic heterocycles. The highest BCUT2D eigenvalue weighted by Crippen LogP contribution is 2.35. The van der Waals surface area contributed by atoms with Gasteiger partial charge in [0.05, 0.1) is 19.8 Å². The van der Waals surface area contributed by atoms with Crippen molar-refractivity contribution in [3.8, 4) is 11.5 Å². The van der Waals surface area contributed by atoms with Gasteiger partial charge in [-0.25, -0.2) is 0 Å². The Morgan fingerprint density at radius 2 is 2.26 bits per heavy atom. The first-order valence-corrected chi connectivity index (χ1v) is 6.56. The van der Waals surface area contributed by atoms with Crippen molar-refractivity contribution in [1.82, 2.24) is 4.90 Å². The van der Waals surface area contributed by atoms with Gasteiger partial charge in [0.25, 0.3) is 0 Å². The van der Waals surface area contributed by atoms with E-state index in [-0.39, 0.29) is 24.7 Å². The molecule has 2 unspecified atom stereocenters. The number of aliphatic hydroxyl groups is 1. The van der Waals surface area contributed by atoms with Gasteiger partial charge in [-0.3, -0.25) is 4.90 Å². The first-order chi connectivity index (χ1) is 9.19. The molecule has 1 fully saturated rings. The summed E-state index contributed by atoms with van der Waals surface area (Å²) in [5.41, 5.74) is 0.878. The molecule has 0 amide bonds. The Bertz CT molecular complexity index is 424. The predicted octanol–water partition coefficient (Wildman–Crippen LogP) is 1.50. The van der Waals surface area contributed by atoms with Crippen LogP contribution >= 0.6 is 0 Å². The van der Waals surface area contributed by atoms with E-state index < -0.39 is 0 Å². The van der Waals surface area contributed by atoms with Crippen LogP contribution in [0.4, 0.5) is 0 Å². The van der Waals surface area contributed by atoms with Gasteiger partial charge in [0.2, 0.25) is 0 Å². The van der Waals surface area contributed by atoms with Gasteiger partial charge in [0.15, 0.2) is 11.5 Å². The van der Waals surface area contributed by atoms with E-state index in [2.05, 4.69) is 11.8 Å². The van der Waals surface area contributed by atoms with Gasteiger partial charge in [-0.1, -0.05) is 13.0 Å². The van der Waals surface area contributed by atoms with E-state index in [9.17, 15) is 10.2 Å². The van der Waals surface area contributed by atoms with E-state index in [1.54, 1.807) is 12.1 Å². The Labute approximate surface area is 113 Å². The van der Waals surface area contributed by atoms with Gasteiger partial charge in [0, 0.05) is 13.1 Å². The highest BCUT2D eigenvalue weighted by Gasteiger charge is 2.33. The number of methoxy groups -OCH3 is 1. The molecule has 0 saturated carbocycles. The van der Waals surface area contributed by atoms with Gasteiger partial charge in [0.1, 0.15) is 6.23 Å². The summed E-state index contributed by atoms with van der Waals surface area (Å²) in [4.78, 5) is 2.17. The molecule has 0 spiro atoms. The zero-order chi connectivity index (χ0) is 13.8. The lowest BCUT2D eigenvalue weighted by molar-refractivity contribution is -0.0196. The minimum atomic E-state index is -0.214. The van der Waals surface area contributed by atoms with Crippen LogP contribution in [-0.4, -0.2) is 48.0 Å². The highest BCUT2D eigenvalue weighted by atomic mass is 16.5. The van der Waals surface area contributed by atoms with Crippen LogP contribution in [0.25, 0.3) is 0 Å². The maximum atomic E-state index is 9.84. The predicted molar refractivity (Wildman–Crippen MR) is 71.2 cm³/mol. The summed E-state index contributed by atoms with van der Waals surface area (Å²) in [5.74, 6) is 0.551. The van der Waals surface area contributed by atoms with E-state index >= 15 is 0 Å². The molecule has 0 aromatic heterocycles. The maximum Gasteiger partial charge on any atom is 0.160 e. The molecule has 2 atom stereocenters. The van der Waals surface area contributed by atoms with Gasteiger partial charge in [-0.15, -0.1) is 0 Å². The van der Waals surface area contributed by atoms with Crippen LogP contribution in [-0.2, 0) is 4.74 Å². The largest absolute Gasteiger partial charge is 0.504 e. The number of benzene rings is 1. The fourth-order valence-electron chi connectivity index (χ4n) is 2.42. The molecule has 2 N–H and O–H groups in total. The van der Waals surface area contributed by atoms with Crippen LogP contribution < -0.4 is 4.74 Å². The molecular formula is C14H21NO4. The smallest absolute Gasteiger partial charge is 0.160 e. The molecule has 0 aliphatic carbocycles. The third kappa shape index (κ3) is 3.00. The first kappa shape index (κ1) is 14.1. The number of hydrogen-bond donors (Lipinski definition) is 2. The third-order valence-corrected chi connectivity index (χ3v) is 3.29. The minimum Gasteiger partial charge on any atom is -0.504 e. The fourth-order valence-corrected chi connectivity index (χ4v) is 2.42. The number of phenols is 1. The number of aliphatic hydroxyl groups excluding tert-OH is 1. The van der Waals surface area contributed by atoms with Crippen LogP contribution in [0, 0.1) is 0 Å². The lowest BCUT2D eigenvalue weighted by Gasteiger charge is -2.22. The second-order valence-corrected chi connectivity index (χ2v) is 4.72. The number of rotatable bonds is 5. The van der Waals surface area contributed by atoms with Crippen LogP contribution in [0.2, 0.25) is 0 Å². The van der Waals surface area contributed by atoms with E-state index in [4.69, 9.17) is 9.47 Å². The molecule has 1 aromatic rings. The van der Waals surface area contributed by atoms with Crippen LogP contribution in [0.3, 0.4) is 0 Å². The molecule has 1 saturated heterocycles. The molecule has 0 radical (unpaired) electrons. The average molecular weight is 267 g/mol. The fraction of sp³-hybridized carbons (Fsp3) is 0.571. The lowest BCUT2D eigenvalue weighted by atomic mass is 10.1. The van der Waals surface area contributed by atoms with Crippen LogP contribution in [0.1, 0.15) is 25.1 Å². The normalized spacial score (nSPS) is 23.7. The molecule has 19 heavy (non-hydrogen) atoms. The Balaban J connectivity index is 2.20. The Morgan fingerprint density at radius 3 is 2.84 bits per heavy atom. The average Bonchev–Trinajstić information content (AvgIpc) is 2.82. The number of hydrogen-bond acceptors (Lipinski definition) is 5. The summed E-state index contributed by atoms with van der Waals surface area (Å²) >= 11 is 0. The van der Waals surface area contributed by atoms with Crippen LogP contribution in [0.15, 0.2) is 18.2 Å². The van der Waals surface area contributed by atoms with Crippen molar-refractivity contribution < 1.29 is 19.7 Å². The molecule has 106 valence electrons. The second kappa shape index (κ2) is 6.23. The number of ether oxygens (including phenoxy) is 2. The summed E-state index contributed by atoms with van der Waals surface area (Å²) in [6, 6.07) is 5.27. The molecular weight excluding hydrogens is 246 g/mol. The molecule has 1 aromatic carbocycles. The van der Waals surface area contributed by atoms with Gasteiger partial charge in [-0.05, 0) is 24.1 Å². The molecule has 2 rings (SSSR count). The Morgan fingerprint density at radius 1 is 1.47 bits per heavy atom. The third-order valence-electron chi connectivity index (χ3n) is 3.29. The summed E-state index contributed by atoms with van der Waals surface area (Å²) in [7, 11) is 1.52. The summed E-state index contributed by atoms with van der Waals surface area (Å²) in [5, 5.41) is 19.1. The van der Waals surface area contributed by atoms with Gasteiger partial charge in [-0.2, -0.15) is 0 Å². The number of nitrogens with zero attached hydrogens (tertiary/aromatic N) is 1. The Hall–Kier alpha value is -1.30. The minimum absolute atomic E-state index is 0.0127. The lowest BCUT2D eigenvalue weighted by Crippen LogP contribution is -2.26. The van der Waals surface area contributed by atoms with Gasteiger partial charge >= 0.3 is 0 Å². The van der Waals surface area contributed by atoms with E-state index in [1.165, 1.54) is 7.11 Å². The molecule has 1 heterocycles. The second-order valence-electron chi connectivity index (χ2n) is 4.72. The topological polar surface area (TPSA) is 62.2 Å². The SMILES string of the molecule is CCCN1CC(CO)OC1c1ccc(OC)c(O)c1. The standard InChI is InChI=1S/C14H21NO4/c1-3-6-15-8-11(9-16)19-14(15)10-4-5-13(18-2)12(17)7-10/h4-5,7,11,14,16-17H,3,6,8-9H2,1-2H3. The van der Waals surface area contributed by atoms with Crippen molar-refractivity contribution in [2.75, 3.05) is 26.8 Å².